The third-order valence-electron chi connectivity index (χ3n) is 4.23. The van der Waals surface area contributed by atoms with Gasteiger partial charge in [-0.25, -0.2) is 4.79 Å². The number of hydrogen-bond donors (Lipinski definition) is 2. The highest BCUT2D eigenvalue weighted by atomic mass is 32.2. The standard InChI is InChI=1S/C21H20N2O4S/c1-3-13-7-6-8-14(11-13)22-17(24)12-28-20-18(21(26)27-2)19(25)15-9-4-5-10-16(15)23-20/h4-11H,3,12H2,1-2H3,(H,22,24)(H,23,25). The monoisotopic (exact) mass is 396 g/mol. The van der Waals surface area contributed by atoms with Crippen LogP contribution in [-0.2, 0) is 16.0 Å². The van der Waals surface area contributed by atoms with Crippen LogP contribution in [0.25, 0.3) is 10.9 Å². The molecule has 2 N–H and O–H groups in total. The van der Waals surface area contributed by atoms with Crippen molar-refractivity contribution in [1.82, 2.24) is 4.98 Å². The number of hydrogen-bond acceptors (Lipinski definition) is 5. The van der Waals surface area contributed by atoms with E-state index in [2.05, 4.69) is 10.3 Å². The molecule has 2 aromatic carbocycles. The first-order valence-corrected chi connectivity index (χ1v) is 9.77. The lowest BCUT2D eigenvalue weighted by atomic mass is 10.1. The molecule has 0 spiro atoms. The fourth-order valence-corrected chi connectivity index (χ4v) is 3.66. The molecular formula is C21H20N2O4S. The number of carbonyl (C=O) groups excluding carboxylic acids is 2. The summed E-state index contributed by atoms with van der Waals surface area (Å²) in [6, 6.07) is 14.5. The Labute approximate surface area is 166 Å². The fraction of sp³-hybridized carbons (Fsp3) is 0.190. The highest BCUT2D eigenvalue weighted by molar-refractivity contribution is 8.00. The van der Waals surface area contributed by atoms with E-state index < -0.39 is 11.4 Å². The molecule has 6 nitrogen and oxygen atoms in total. The average molecular weight is 396 g/mol. The van der Waals surface area contributed by atoms with E-state index in [1.165, 1.54) is 7.11 Å². The number of pyridine rings is 1. The molecule has 28 heavy (non-hydrogen) atoms. The highest BCUT2D eigenvalue weighted by Gasteiger charge is 2.20. The number of esters is 1. The minimum absolute atomic E-state index is 0.0363. The Bertz CT molecular complexity index is 1090. The smallest absolute Gasteiger partial charge is 0.344 e. The molecule has 0 saturated heterocycles. The molecule has 3 rings (SSSR count). The number of rotatable bonds is 6. The summed E-state index contributed by atoms with van der Waals surface area (Å²) >= 11 is 1.09. The van der Waals surface area contributed by atoms with Gasteiger partial charge in [-0.1, -0.05) is 43.0 Å². The summed E-state index contributed by atoms with van der Waals surface area (Å²) in [5, 5.41) is 3.54. The van der Waals surface area contributed by atoms with E-state index in [9.17, 15) is 14.4 Å². The quantitative estimate of drug-likeness (QED) is 0.491. The Morgan fingerprint density at radius 3 is 2.68 bits per heavy atom. The molecule has 0 unspecified atom stereocenters. The van der Waals surface area contributed by atoms with Gasteiger partial charge in [-0.2, -0.15) is 0 Å². The van der Waals surface area contributed by atoms with E-state index in [1.54, 1.807) is 24.3 Å². The molecule has 0 bridgehead atoms. The maximum atomic E-state index is 12.7. The van der Waals surface area contributed by atoms with Crippen molar-refractivity contribution >= 4 is 40.2 Å². The van der Waals surface area contributed by atoms with Crippen LogP contribution in [0.3, 0.4) is 0 Å². The molecule has 0 aliphatic rings. The van der Waals surface area contributed by atoms with E-state index in [4.69, 9.17) is 4.74 Å². The van der Waals surface area contributed by atoms with Gasteiger partial charge in [-0.3, -0.25) is 9.59 Å². The lowest BCUT2D eigenvalue weighted by Crippen LogP contribution is -2.20. The zero-order valence-electron chi connectivity index (χ0n) is 15.6. The number of ether oxygens (including phenoxy) is 1. The Balaban J connectivity index is 1.84. The second kappa shape index (κ2) is 8.75. The van der Waals surface area contributed by atoms with Gasteiger partial charge in [0.25, 0.3) is 0 Å². The Kier molecular flexibility index (Phi) is 6.16. The molecule has 0 radical (unpaired) electrons. The first-order chi connectivity index (χ1) is 13.5. The van der Waals surface area contributed by atoms with Crippen LogP contribution in [0.1, 0.15) is 22.8 Å². The van der Waals surface area contributed by atoms with Crippen LogP contribution in [0.15, 0.2) is 58.4 Å². The van der Waals surface area contributed by atoms with Crippen LogP contribution in [-0.4, -0.2) is 29.7 Å². The number of fused-ring (bicyclic) bond motifs is 1. The van der Waals surface area contributed by atoms with Crippen molar-refractivity contribution in [3.8, 4) is 0 Å². The molecule has 1 heterocycles. The summed E-state index contributed by atoms with van der Waals surface area (Å²) < 4.78 is 4.76. The van der Waals surface area contributed by atoms with Gasteiger partial charge in [0.2, 0.25) is 11.3 Å². The van der Waals surface area contributed by atoms with Gasteiger partial charge in [0.1, 0.15) is 5.56 Å². The number of carbonyl (C=O) groups is 2. The number of aryl methyl sites for hydroxylation is 1. The van der Waals surface area contributed by atoms with Crippen molar-refractivity contribution in [3.63, 3.8) is 0 Å². The number of nitrogens with one attached hydrogen (secondary N) is 2. The molecule has 7 heteroatoms. The van der Waals surface area contributed by atoms with Gasteiger partial charge in [0.15, 0.2) is 0 Å². The molecule has 0 aliphatic carbocycles. The van der Waals surface area contributed by atoms with E-state index in [0.717, 1.165) is 23.7 Å². The minimum atomic E-state index is -0.731. The van der Waals surface area contributed by atoms with E-state index in [1.807, 2.05) is 31.2 Å². The van der Waals surface area contributed by atoms with Crippen molar-refractivity contribution < 1.29 is 14.3 Å². The van der Waals surface area contributed by atoms with Gasteiger partial charge in [0, 0.05) is 11.1 Å². The number of H-pyrrole nitrogens is 1. The predicted molar refractivity (Wildman–Crippen MR) is 111 cm³/mol. The number of methoxy groups -OCH3 is 1. The Hall–Kier alpha value is -3.06. The molecule has 1 amide bonds. The second-order valence-corrected chi connectivity index (χ2v) is 7.07. The minimum Gasteiger partial charge on any atom is -0.465 e. The Morgan fingerprint density at radius 1 is 1.14 bits per heavy atom. The summed E-state index contributed by atoms with van der Waals surface area (Å²) in [4.78, 5) is 40.3. The summed E-state index contributed by atoms with van der Waals surface area (Å²) in [5.41, 5.74) is 1.92. The number of aromatic nitrogens is 1. The number of para-hydroxylation sites is 1. The van der Waals surface area contributed by atoms with Gasteiger partial charge in [0.05, 0.1) is 23.4 Å². The molecule has 0 atom stereocenters. The van der Waals surface area contributed by atoms with Crippen LogP contribution >= 0.6 is 11.8 Å². The molecule has 3 aromatic rings. The maximum Gasteiger partial charge on any atom is 0.344 e. The maximum absolute atomic E-state index is 12.7. The van der Waals surface area contributed by atoms with E-state index in [0.29, 0.717) is 21.6 Å². The topological polar surface area (TPSA) is 88.3 Å². The molecular weight excluding hydrogens is 376 g/mol. The summed E-state index contributed by atoms with van der Waals surface area (Å²) in [7, 11) is 1.22. The van der Waals surface area contributed by atoms with Crippen molar-refractivity contribution in [1.29, 1.82) is 0 Å². The zero-order valence-corrected chi connectivity index (χ0v) is 16.4. The van der Waals surface area contributed by atoms with Crippen molar-refractivity contribution in [2.45, 2.75) is 18.4 Å². The normalized spacial score (nSPS) is 10.6. The molecule has 0 saturated carbocycles. The summed E-state index contributed by atoms with van der Waals surface area (Å²) in [5.74, 6) is -0.928. The Morgan fingerprint density at radius 2 is 1.93 bits per heavy atom. The van der Waals surface area contributed by atoms with E-state index >= 15 is 0 Å². The summed E-state index contributed by atoms with van der Waals surface area (Å²) in [6.45, 7) is 2.04. The SMILES string of the molecule is CCc1cccc(NC(=O)CSc2[nH]c3ccccc3c(=O)c2C(=O)OC)c1. The average Bonchev–Trinajstić information content (AvgIpc) is 2.72. The van der Waals surface area contributed by atoms with Crippen molar-refractivity contribution in [3.05, 3.63) is 69.9 Å². The first kappa shape index (κ1) is 19.7. The van der Waals surface area contributed by atoms with Gasteiger partial charge in [-0.15, -0.1) is 0 Å². The van der Waals surface area contributed by atoms with Crippen LogP contribution < -0.4 is 10.7 Å². The second-order valence-electron chi connectivity index (χ2n) is 6.09. The fourth-order valence-electron chi connectivity index (χ4n) is 2.81. The third kappa shape index (κ3) is 4.26. The first-order valence-electron chi connectivity index (χ1n) is 8.78. The van der Waals surface area contributed by atoms with Gasteiger partial charge >= 0.3 is 5.97 Å². The van der Waals surface area contributed by atoms with Gasteiger partial charge in [-0.05, 0) is 36.2 Å². The molecule has 0 aliphatic heterocycles. The van der Waals surface area contributed by atoms with E-state index in [-0.39, 0.29) is 17.2 Å². The van der Waals surface area contributed by atoms with Crippen LogP contribution in [0, 0.1) is 0 Å². The molecule has 144 valence electrons. The molecule has 0 fully saturated rings. The number of aromatic amines is 1. The van der Waals surface area contributed by atoms with Crippen LogP contribution in [0.2, 0.25) is 0 Å². The zero-order chi connectivity index (χ0) is 20.1. The lowest BCUT2D eigenvalue weighted by Gasteiger charge is -2.10. The number of anilines is 1. The van der Waals surface area contributed by atoms with Crippen molar-refractivity contribution in [2.24, 2.45) is 0 Å². The van der Waals surface area contributed by atoms with Gasteiger partial charge < -0.3 is 15.0 Å². The number of amides is 1. The highest BCUT2D eigenvalue weighted by Crippen LogP contribution is 2.23. The van der Waals surface area contributed by atoms with Crippen LogP contribution in [0.4, 0.5) is 5.69 Å². The lowest BCUT2D eigenvalue weighted by molar-refractivity contribution is -0.113. The van der Waals surface area contributed by atoms with Crippen molar-refractivity contribution in [2.75, 3.05) is 18.2 Å². The largest absolute Gasteiger partial charge is 0.465 e. The van der Waals surface area contributed by atoms with Crippen LogP contribution in [0.5, 0.6) is 0 Å². The summed E-state index contributed by atoms with van der Waals surface area (Å²) in [6.07, 6.45) is 0.874. The number of thioether (sulfide) groups is 1. The number of benzene rings is 2. The predicted octanol–water partition coefficient (Wildman–Crippen LogP) is 3.61. The molecule has 1 aromatic heterocycles. The third-order valence-corrected chi connectivity index (χ3v) is 5.23.